The number of nitrogens with one attached hydrogen (secondary N) is 1. The standard InChI is InChI=1S/C24H15F2N5O3/c25-14-8-9-17(26)19(11-14)28-21(32)13-31-20-7-2-1-5-15(20)16(12-22(31)33)24-29-23(30-34-24)18-6-3-4-10-27-18/h1-12H,13H2,(H,28,32). The van der Waals surface area contributed by atoms with Gasteiger partial charge in [-0.15, -0.1) is 0 Å². The lowest BCUT2D eigenvalue weighted by Crippen LogP contribution is -2.28. The molecule has 168 valence electrons. The molecule has 0 saturated carbocycles. The molecule has 0 spiro atoms. The quantitative estimate of drug-likeness (QED) is 0.426. The SMILES string of the molecule is O=C(Cn1c(=O)cc(-c2nc(-c3ccccn3)no2)c2ccccc21)Nc1cc(F)ccc1F. The Morgan fingerprint density at radius 1 is 1.03 bits per heavy atom. The summed E-state index contributed by atoms with van der Waals surface area (Å²) >= 11 is 0. The summed E-state index contributed by atoms with van der Waals surface area (Å²) in [5, 5.41) is 6.83. The molecule has 3 heterocycles. The summed E-state index contributed by atoms with van der Waals surface area (Å²) in [6, 6.07) is 16.2. The van der Waals surface area contributed by atoms with Gasteiger partial charge in [0, 0.05) is 23.7 Å². The summed E-state index contributed by atoms with van der Waals surface area (Å²) < 4.78 is 33.9. The number of carbonyl (C=O) groups excluding carboxylic acids is 1. The predicted molar refractivity (Wildman–Crippen MR) is 120 cm³/mol. The van der Waals surface area contributed by atoms with Gasteiger partial charge >= 0.3 is 0 Å². The summed E-state index contributed by atoms with van der Waals surface area (Å²) in [6.45, 7) is -0.418. The Morgan fingerprint density at radius 3 is 2.68 bits per heavy atom. The van der Waals surface area contributed by atoms with Crippen molar-refractivity contribution in [3.63, 3.8) is 0 Å². The summed E-state index contributed by atoms with van der Waals surface area (Å²) in [7, 11) is 0. The zero-order chi connectivity index (χ0) is 23.7. The van der Waals surface area contributed by atoms with Gasteiger partial charge in [-0.25, -0.2) is 8.78 Å². The number of anilines is 1. The van der Waals surface area contributed by atoms with Crippen LogP contribution in [0.1, 0.15) is 0 Å². The minimum Gasteiger partial charge on any atom is -0.334 e. The Kier molecular flexibility index (Phi) is 5.38. The molecule has 0 aliphatic carbocycles. The average molecular weight is 459 g/mol. The Morgan fingerprint density at radius 2 is 1.85 bits per heavy atom. The van der Waals surface area contributed by atoms with Crippen LogP contribution in [0, 0.1) is 11.6 Å². The predicted octanol–water partition coefficient (Wildman–Crippen LogP) is 4.03. The van der Waals surface area contributed by atoms with E-state index in [1.54, 1.807) is 48.7 Å². The van der Waals surface area contributed by atoms with Crippen LogP contribution in [0.2, 0.25) is 0 Å². The summed E-state index contributed by atoms with van der Waals surface area (Å²) in [4.78, 5) is 34.1. The van der Waals surface area contributed by atoms with E-state index >= 15 is 0 Å². The number of hydrogen-bond acceptors (Lipinski definition) is 6. The van der Waals surface area contributed by atoms with E-state index < -0.39 is 29.6 Å². The van der Waals surface area contributed by atoms with Crippen molar-refractivity contribution >= 4 is 22.5 Å². The van der Waals surface area contributed by atoms with E-state index in [4.69, 9.17) is 4.52 Å². The highest BCUT2D eigenvalue weighted by Crippen LogP contribution is 2.27. The van der Waals surface area contributed by atoms with E-state index in [-0.39, 0.29) is 17.4 Å². The first-order valence-corrected chi connectivity index (χ1v) is 10.1. The second kappa shape index (κ2) is 8.66. The molecule has 0 fully saturated rings. The second-order valence-electron chi connectivity index (χ2n) is 7.31. The van der Waals surface area contributed by atoms with Gasteiger partial charge in [-0.05, 0) is 30.3 Å². The van der Waals surface area contributed by atoms with Crippen LogP contribution in [-0.4, -0.2) is 25.6 Å². The maximum absolute atomic E-state index is 13.9. The highest BCUT2D eigenvalue weighted by atomic mass is 19.1. The molecule has 8 nitrogen and oxygen atoms in total. The van der Waals surface area contributed by atoms with Gasteiger partial charge < -0.3 is 9.84 Å². The monoisotopic (exact) mass is 459 g/mol. The Labute approximate surface area is 190 Å². The fourth-order valence-electron chi connectivity index (χ4n) is 3.53. The molecular weight excluding hydrogens is 444 g/mol. The third-order valence-electron chi connectivity index (χ3n) is 5.07. The number of benzene rings is 2. The van der Waals surface area contributed by atoms with Crippen LogP contribution >= 0.6 is 0 Å². The minimum absolute atomic E-state index is 0.118. The first-order valence-electron chi connectivity index (χ1n) is 10.1. The maximum atomic E-state index is 13.9. The summed E-state index contributed by atoms with van der Waals surface area (Å²) in [5.74, 6) is -1.80. The zero-order valence-corrected chi connectivity index (χ0v) is 17.4. The molecule has 0 bridgehead atoms. The molecular formula is C24H15F2N5O3. The molecule has 0 radical (unpaired) electrons. The van der Waals surface area contributed by atoms with Crippen LogP contribution in [0.15, 0.2) is 82.2 Å². The topological polar surface area (TPSA) is 103 Å². The number of amides is 1. The van der Waals surface area contributed by atoms with Gasteiger partial charge in [-0.1, -0.05) is 29.4 Å². The van der Waals surface area contributed by atoms with Gasteiger partial charge in [0.2, 0.25) is 11.7 Å². The summed E-state index contributed by atoms with van der Waals surface area (Å²) in [5.41, 5.74) is 0.505. The van der Waals surface area contributed by atoms with Crippen molar-refractivity contribution in [3.8, 4) is 23.0 Å². The van der Waals surface area contributed by atoms with E-state index in [0.29, 0.717) is 22.2 Å². The molecule has 10 heteroatoms. The maximum Gasteiger partial charge on any atom is 0.259 e. The van der Waals surface area contributed by atoms with Gasteiger partial charge in [0.25, 0.3) is 11.4 Å². The number of para-hydroxylation sites is 1. The van der Waals surface area contributed by atoms with Crippen molar-refractivity contribution in [3.05, 3.63) is 94.9 Å². The Bertz CT molecular complexity index is 1580. The fraction of sp³-hybridized carbons (Fsp3) is 0.0417. The van der Waals surface area contributed by atoms with Crippen LogP contribution in [0.25, 0.3) is 33.9 Å². The fourth-order valence-corrected chi connectivity index (χ4v) is 3.53. The van der Waals surface area contributed by atoms with Crippen LogP contribution in [0.5, 0.6) is 0 Å². The van der Waals surface area contributed by atoms with Crippen LogP contribution in [-0.2, 0) is 11.3 Å². The lowest BCUT2D eigenvalue weighted by atomic mass is 10.1. The summed E-state index contributed by atoms with van der Waals surface area (Å²) in [6.07, 6.45) is 1.60. The van der Waals surface area contributed by atoms with Gasteiger partial charge in [0.15, 0.2) is 0 Å². The van der Waals surface area contributed by atoms with Gasteiger partial charge in [0.1, 0.15) is 23.9 Å². The molecule has 5 rings (SSSR count). The molecule has 0 saturated heterocycles. The van der Waals surface area contributed by atoms with Gasteiger partial charge in [0.05, 0.1) is 16.8 Å². The van der Waals surface area contributed by atoms with Crippen LogP contribution < -0.4 is 10.9 Å². The Balaban J connectivity index is 1.51. The van der Waals surface area contributed by atoms with E-state index in [0.717, 1.165) is 18.2 Å². The highest BCUT2D eigenvalue weighted by Gasteiger charge is 2.18. The lowest BCUT2D eigenvalue weighted by Gasteiger charge is -2.12. The van der Waals surface area contributed by atoms with E-state index in [1.165, 1.54) is 10.6 Å². The van der Waals surface area contributed by atoms with Crippen molar-refractivity contribution in [2.75, 3.05) is 5.32 Å². The molecule has 0 aliphatic rings. The van der Waals surface area contributed by atoms with Crippen molar-refractivity contribution in [2.45, 2.75) is 6.54 Å². The lowest BCUT2D eigenvalue weighted by molar-refractivity contribution is -0.116. The number of halogens is 2. The molecule has 3 aromatic heterocycles. The van der Waals surface area contributed by atoms with Crippen LogP contribution in [0.4, 0.5) is 14.5 Å². The first-order chi connectivity index (χ1) is 16.5. The van der Waals surface area contributed by atoms with Gasteiger partial charge in [-0.3, -0.25) is 19.1 Å². The van der Waals surface area contributed by atoms with E-state index in [1.807, 2.05) is 0 Å². The number of hydrogen-bond donors (Lipinski definition) is 1. The first kappa shape index (κ1) is 21.1. The molecule has 0 atom stereocenters. The normalized spacial score (nSPS) is 11.0. The minimum atomic E-state index is -0.789. The Hall–Kier alpha value is -4.73. The van der Waals surface area contributed by atoms with E-state index in [2.05, 4.69) is 20.4 Å². The molecule has 34 heavy (non-hydrogen) atoms. The molecule has 0 aliphatic heterocycles. The number of aromatic nitrogens is 4. The van der Waals surface area contributed by atoms with Crippen molar-refractivity contribution in [1.29, 1.82) is 0 Å². The average Bonchev–Trinajstić information content (AvgIpc) is 3.34. The number of rotatable bonds is 5. The van der Waals surface area contributed by atoms with Crippen molar-refractivity contribution in [2.24, 2.45) is 0 Å². The van der Waals surface area contributed by atoms with Crippen molar-refractivity contribution < 1.29 is 18.1 Å². The second-order valence-corrected chi connectivity index (χ2v) is 7.31. The third kappa shape index (κ3) is 4.04. The van der Waals surface area contributed by atoms with Gasteiger partial charge in [-0.2, -0.15) is 4.98 Å². The molecule has 1 N–H and O–H groups in total. The molecule has 1 amide bonds. The molecule has 0 unspecified atom stereocenters. The van der Waals surface area contributed by atoms with Crippen LogP contribution in [0.3, 0.4) is 0 Å². The number of pyridine rings is 2. The zero-order valence-electron chi connectivity index (χ0n) is 17.4. The number of fused-ring (bicyclic) bond motifs is 1. The molecule has 2 aromatic carbocycles. The third-order valence-corrected chi connectivity index (χ3v) is 5.07. The number of nitrogens with zero attached hydrogens (tertiary/aromatic N) is 4. The molecule has 5 aromatic rings. The smallest absolute Gasteiger partial charge is 0.259 e. The van der Waals surface area contributed by atoms with E-state index in [9.17, 15) is 18.4 Å². The van der Waals surface area contributed by atoms with Crippen molar-refractivity contribution in [1.82, 2.24) is 19.7 Å². The highest BCUT2D eigenvalue weighted by molar-refractivity contribution is 5.95. The number of carbonyl (C=O) groups is 1. The largest absolute Gasteiger partial charge is 0.334 e.